The van der Waals surface area contributed by atoms with Crippen molar-refractivity contribution < 1.29 is 13.2 Å². The third kappa shape index (κ3) is 4.41. The molecule has 2 aliphatic rings. The number of fused-ring (bicyclic) bond motifs is 1. The van der Waals surface area contributed by atoms with E-state index in [-0.39, 0.29) is 29.3 Å². The molecular formula is C23H27ClN2O3S. The van der Waals surface area contributed by atoms with E-state index >= 15 is 0 Å². The van der Waals surface area contributed by atoms with Gasteiger partial charge in [-0.2, -0.15) is 4.31 Å². The Morgan fingerprint density at radius 2 is 1.83 bits per heavy atom. The van der Waals surface area contributed by atoms with Gasteiger partial charge in [0, 0.05) is 18.1 Å². The molecule has 1 amide bonds. The van der Waals surface area contributed by atoms with E-state index in [1.54, 1.807) is 12.1 Å². The van der Waals surface area contributed by atoms with E-state index in [9.17, 15) is 13.2 Å². The summed E-state index contributed by atoms with van der Waals surface area (Å²) in [4.78, 5) is 13.1. The number of hydrogen-bond acceptors (Lipinski definition) is 3. The predicted molar refractivity (Wildman–Crippen MR) is 118 cm³/mol. The number of amides is 1. The lowest BCUT2D eigenvalue weighted by atomic mass is 9.97. The predicted octanol–water partition coefficient (Wildman–Crippen LogP) is 4.11. The molecule has 160 valence electrons. The molecule has 1 aliphatic carbocycles. The SMILES string of the molecule is C[C@@H](NC(=O)[C@H]1CCCN(S(=O)(=O)c2ccc(Cl)cc2)C1)c1ccc2c(c1)CCC2. The molecule has 0 unspecified atom stereocenters. The number of rotatable bonds is 5. The largest absolute Gasteiger partial charge is 0.349 e. The Kier molecular flexibility index (Phi) is 6.19. The molecule has 2 aromatic rings. The fourth-order valence-electron chi connectivity index (χ4n) is 4.41. The van der Waals surface area contributed by atoms with Crippen molar-refractivity contribution >= 4 is 27.5 Å². The summed E-state index contributed by atoms with van der Waals surface area (Å²) < 4.78 is 27.4. The number of carbonyl (C=O) groups excluding carboxylic acids is 1. The maximum absolute atomic E-state index is 13.0. The highest BCUT2D eigenvalue weighted by molar-refractivity contribution is 7.89. The Morgan fingerprint density at radius 3 is 2.60 bits per heavy atom. The lowest BCUT2D eigenvalue weighted by molar-refractivity contribution is -0.126. The molecule has 30 heavy (non-hydrogen) atoms. The van der Waals surface area contributed by atoms with Crippen molar-refractivity contribution in [1.82, 2.24) is 9.62 Å². The standard InChI is InChI=1S/C23H27ClN2O3S/c1-16(18-8-7-17-4-2-5-19(17)14-18)25-23(27)20-6-3-13-26(15-20)30(28,29)22-11-9-21(24)10-12-22/h7-12,14,16,20H,2-6,13,15H2,1H3,(H,25,27)/t16-,20+/m1/s1. The average molecular weight is 447 g/mol. The van der Waals surface area contributed by atoms with Gasteiger partial charge >= 0.3 is 0 Å². The zero-order valence-electron chi connectivity index (χ0n) is 17.1. The summed E-state index contributed by atoms with van der Waals surface area (Å²) in [6.45, 7) is 2.61. The van der Waals surface area contributed by atoms with Gasteiger partial charge in [-0.3, -0.25) is 4.79 Å². The van der Waals surface area contributed by atoms with Crippen molar-refractivity contribution in [3.63, 3.8) is 0 Å². The van der Waals surface area contributed by atoms with E-state index in [2.05, 4.69) is 23.5 Å². The van der Waals surface area contributed by atoms with Gasteiger partial charge in [0.2, 0.25) is 15.9 Å². The highest BCUT2D eigenvalue weighted by Gasteiger charge is 2.33. The summed E-state index contributed by atoms with van der Waals surface area (Å²) in [7, 11) is -3.64. The number of aryl methyl sites for hydroxylation is 2. The number of nitrogens with zero attached hydrogens (tertiary/aromatic N) is 1. The van der Waals surface area contributed by atoms with Crippen LogP contribution in [0, 0.1) is 5.92 Å². The molecule has 2 aromatic carbocycles. The van der Waals surface area contributed by atoms with E-state index in [1.807, 2.05) is 6.92 Å². The molecular weight excluding hydrogens is 420 g/mol. The van der Waals surface area contributed by atoms with Crippen LogP contribution in [0.1, 0.15) is 48.9 Å². The molecule has 5 nitrogen and oxygen atoms in total. The molecule has 0 saturated carbocycles. The highest BCUT2D eigenvalue weighted by Crippen LogP contribution is 2.27. The van der Waals surface area contributed by atoms with Crippen LogP contribution in [0.25, 0.3) is 0 Å². The van der Waals surface area contributed by atoms with Crippen molar-refractivity contribution in [3.8, 4) is 0 Å². The second-order valence-corrected chi connectivity index (χ2v) is 10.6. The third-order valence-corrected chi connectivity index (χ3v) is 8.32. The van der Waals surface area contributed by atoms with Crippen molar-refractivity contribution in [1.29, 1.82) is 0 Å². The number of piperidine rings is 1. The van der Waals surface area contributed by atoms with E-state index < -0.39 is 10.0 Å². The molecule has 2 atom stereocenters. The van der Waals surface area contributed by atoms with Crippen LogP contribution in [0.4, 0.5) is 0 Å². The molecule has 0 spiro atoms. The van der Waals surface area contributed by atoms with Gasteiger partial charge < -0.3 is 5.32 Å². The molecule has 1 N–H and O–H groups in total. The number of halogens is 1. The third-order valence-electron chi connectivity index (χ3n) is 6.19. The molecule has 1 aliphatic heterocycles. The summed E-state index contributed by atoms with van der Waals surface area (Å²) in [5, 5.41) is 3.59. The Bertz CT molecular complexity index is 1040. The quantitative estimate of drug-likeness (QED) is 0.751. The monoisotopic (exact) mass is 446 g/mol. The normalized spacial score (nSPS) is 20.5. The van der Waals surface area contributed by atoms with Crippen LogP contribution < -0.4 is 5.32 Å². The molecule has 0 bridgehead atoms. The topological polar surface area (TPSA) is 66.5 Å². The fraction of sp³-hybridized carbons (Fsp3) is 0.435. The van der Waals surface area contributed by atoms with Crippen molar-refractivity contribution in [2.45, 2.75) is 50.0 Å². The maximum atomic E-state index is 13.0. The molecule has 1 fully saturated rings. The summed E-state index contributed by atoms with van der Waals surface area (Å²) in [5.74, 6) is -0.434. The first-order valence-corrected chi connectivity index (χ1v) is 12.3. The minimum atomic E-state index is -3.64. The van der Waals surface area contributed by atoms with Crippen LogP contribution >= 0.6 is 11.6 Å². The Balaban J connectivity index is 1.42. The van der Waals surface area contributed by atoms with Crippen LogP contribution in [0.5, 0.6) is 0 Å². The molecule has 7 heteroatoms. The van der Waals surface area contributed by atoms with Gasteiger partial charge in [-0.1, -0.05) is 29.8 Å². The van der Waals surface area contributed by atoms with Gasteiger partial charge in [0.1, 0.15) is 0 Å². The van der Waals surface area contributed by atoms with Crippen LogP contribution in [0.3, 0.4) is 0 Å². The van der Waals surface area contributed by atoms with E-state index in [0.29, 0.717) is 24.4 Å². The van der Waals surface area contributed by atoms with Crippen molar-refractivity contribution in [2.24, 2.45) is 5.92 Å². The number of benzene rings is 2. The summed E-state index contributed by atoms with van der Waals surface area (Å²) in [6, 6.07) is 12.5. The van der Waals surface area contributed by atoms with Gasteiger partial charge in [0.25, 0.3) is 0 Å². The first kappa shape index (κ1) is 21.3. The zero-order valence-corrected chi connectivity index (χ0v) is 18.7. The average Bonchev–Trinajstić information content (AvgIpc) is 3.22. The number of nitrogens with one attached hydrogen (secondary N) is 1. The summed E-state index contributed by atoms with van der Waals surface area (Å²) in [5.41, 5.74) is 3.89. The first-order chi connectivity index (χ1) is 14.3. The van der Waals surface area contributed by atoms with Gasteiger partial charge in [-0.25, -0.2) is 8.42 Å². The highest BCUT2D eigenvalue weighted by atomic mass is 35.5. The van der Waals surface area contributed by atoms with Gasteiger partial charge in [-0.15, -0.1) is 0 Å². The van der Waals surface area contributed by atoms with Gasteiger partial charge in [0.15, 0.2) is 0 Å². The zero-order chi connectivity index (χ0) is 21.3. The minimum Gasteiger partial charge on any atom is -0.349 e. The van der Waals surface area contributed by atoms with Gasteiger partial charge in [0.05, 0.1) is 16.9 Å². The first-order valence-electron chi connectivity index (χ1n) is 10.5. The Labute approximate surface area is 183 Å². The molecule has 1 heterocycles. The fourth-order valence-corrected chi connectivity index (χ4v) is 6.06. The Hall–Kier alpha value is -1.89. The molecule has 1 saturated heterocycles. The summed E-state index contributed by atoms with van der Waals surface area (Å²) in [6.07, 6.45) is 4.79. The van der Waals surface area contributed by atoms with Crippen LogP contribution in [-0.4, -0.2) is 31.7 Å². The van der Waals surface area contributed by atoms with Gasteiger partial charge in [-0.05, 0) is 80.0 Å². The van der Waals surface area contributed by atoms with Crippen LogP contribution in [-0.2, 0) is 27.7 Å². The smallest absolute Gasteiger partial charge is 0.243 e. The number of sulfonamides is 1. The molecule has 4 rings (SSSR count). The van der Waals surface area contributed by atoms with Crippen molar-refractivity contribution in [3.05, 3.63) is 64.2 Å². The second-order valence-electron chi connectivity index (χ2n) is 8.27. The van der Waals surface area contributed by atoms with E-state index in [4.69, 9.17) is 11.6 Å². The number of carbonyl (C=O) groups is 1. The molecule has 0 aromatic heterocycles. The number of hydrogen-bond donors (Lipinski definition) is 1. The maximum Gasteiger partial charge on any atom is 0.243 e. The minimum absolute atomic E-state index is 0.0843. The van der Waals surface area contributed by atoms with E-state index in [1.165, 1.54) is 34.0 Å². The lowest BCUT2D eigenvalue weighted by Gasteiger charge is -2.32. The Morgan fingerprint density at radius 1 is 1.10 bits per heavy atom. The molecule has 0 radical (unpaired) electrons. The lowest BCUT2D eigenvalue weighted by Crippen LogP contribution is -2.45. The van der Waals surface area contributed by atoms with Crippen LogP contribution in [0.15, 0.2) is 47.4 Å². The second kappa shape index (κ2) is 8.69. The van der Waals surface area contributed by atoms with Crippen molar-refractivity contribution in [2.75, 3.05) is 13.1 Å². The van der Waals surface area contributed by atoms with Crippen LogP contribution in [0.2, 0.25) is 5.02 Å². The van der Waals surface area contributed by atoms with E-state index in [0.717, 1.165) is 18.4 Å². The summed E-state index contributed by atoms with van der Waals surface area (Å²) >= 11 is 5.88.